The number of likely N-dealkylation sites (N-methyl/N-ethyl adjacent to an activating group) is 1. The summed E-state index contributed by atoms with van der Waals surface area (Å²) in [5.74, 6) is 0. The number of quaternary nitrogens is 1. The molecule has 2 aromatic carbocycles. The molecule has 3 nitrogen and oxygen atoms in total. The third kappa shape index (κ3) is 5.43. The molecule has 0 aliphatic heterocycles. The molecule has 0 bridgehead atoms. The van der Waals surface area contributed by atoms with E-state index in [1.54, 1.807) is 0 Å². The number of nitrogens with one attached hydrogen (secondary N) is 3. The summed E-state index contributed by atoms with van der Waals surface area (Å²) in [6.07, 6.45) is 0. The van der Waals surface area contributed by atoms with Gasteiger partial charge in [-0.15, -0.1) is 0 Å². The topological polar surface area (TPSA) is 28.5 Å². The molecule has 0 aliphatic rings. The third-order valence-electron chi connectivity index (χ3n) is 4.59. The van der Waals surface area contributed by atoms with Gasteiger partial charge in [0.05, 0.1) is 19.6 Å². The molecule has 0 unspecified atom stereocenters. The Morgan fingerprint density at radius 2 is 1.76 bits per heavy atom. The fourth-order valence-electron chi connectivity index (χ4n) is 3.03. The minimum absolute atomic E-state index is 0.358. The van der Waals surface area contributed by atoms with Crippen molar-refractivity contribution in [2.75, 3.05) is 25.0 Å². The number of rotatable bonds is 7. The first-order valence-corrected chi connectivity index (χ1v) is 9.54. The van der Waals surface area contributed by atoms with Crippen molar-refractivity contribution in [3.8, 4) is 0 Å². The van der Waals surface area contributed by atoms with E-state index in [1.165, 1.54) is 10.5 Å². The maximum absolute atomic E-state index is 6.18. The molecule has 0 spiro atoms. The Morgan fingerprint density at radius 1 is 1.08 bits per heavy atom. The molecule has 2 aromatic rings. The lowest BCUT2D eigenvalue weighted by atomic mass is 10.1. The van der Waals surface area contributed by atoms with Crippen LogP contribution in [0.15, 0.2) is 48.5 Å². The van der Waals surface area contributed by atoms with Gasteiger partial charge in [-0.05, 0) is 50.7 Å². The first-order valence-electron chi connectivity index (χ1n) is 8.76. The summed E-state index contributed by atoms with van der Waals surface area (Å²) in [5, 5.41) is 8.00. The van der Waals surface area contributed by atoms with E-state index in [1.807, 2.05) is 25.1 Å². The molecule has 0 aliphatic carbocycles. The summed E-state index contributed by atoms with van der Waals surface area (Å²) in [5.41, 5.74) is 3.27. The average molecular weight is 377 g/mol. The van der Waals surface area contributed by atoms with Crippen molar-refractivity contribution < 1.29 is 4.90 Å². The third-order valence-corrected chi connectivity index (χ3v) is 5.24. The molecule has 0 radical (unpaired) electrons. The maximum atomic E-state index is 6.18. The fraction of sp³-hybridized carbons (Fsp3) is 0.350. The molecule has 0 amide bonds. The van der Waals surface area contributed by atoms with Gasteiger partial charge in [0.25, 0.3) is 0 Å². The first-order chi connectivity index (χ1) is 12.1. The highest BCUT2D eigenvalue weighted by atomic mass is 35.5. The Balaban J connectivity index is 2.04. The van der Waals surface area contributed by atoms with E-state index < -0.39 is 0 Å². The van der Waals surface area contributed by atoms with Crippen LogP contribution in [0.2, 0.25) is 5.02 Å². The second kappa shape index (κ2) is 9.76. The summed E-state index contributed by atoms with van der Waals surface area (Å²) < 4.78 is 0. The standard InChI is InChI=1S/C20H26ClN3S/c1-4-24(5-2)19(16-10-7-6-8-11-16)14-22-20(25)23-18-13-9-12-17(21)15(18)3/h6-13,19H,4-5,14H2,1-3H3,(H2,22,23,25)/p+1/t19-/m1/s1. The van der Waals surface area contributed by atoms with Gasteiger partial charge in [0.1, 0.15) is 6.04 Å². The molecule has 0 heterocycles. The second-order valence-electron chi connectivity index (χ2n) is 6.08. The summed E-state index contributed by atoms with van der Waals surface area (Å²) >= 11 is 11.7. The number of thiocarbonyl (C=S) groups is 1. The quantitative estimate of drug-likeness (QED) is 0.645. The van der Waals surface area contributed by atoms with Crippen LogP contribution in [-0.4, -0.2) is 24.7 Å². The predicted octanol–water partition coefficient (Wildman–Crippen LogP) is 3.60. The van der Waals surface area contributed by atoms with Crippen molar-refractivity contribution >= 4 is 34.6 Å². The fourth-order valence-corrected chi connectivity index (χ4v) is 3.40. The van der Waals surface area contributed by atoms with Crippen LogP contribution in [0.3, 0.4) is 0 Å². The van der Waals surface area contributed by atoms with E-state index >= 15 is 0 Å². The Labute approximate surface area is 161 Å². The van der Waals surface area contributed by atoms with Gasteiger partial charge in [-0.3, -0.25) is 0 Å². The summed E-state index contributed by atoms with van der Waals surface area (Å²) in [6, 6.07) is 16.8. The Kier molecular flexibility index (Phi) is 7.69. The van der Waals surface area contributed by atoms with Crippen molar-refractivity contribution in [1.29, 1.82) is 0 Å². The van der Waals surface area contributed by atoms with Crippen LogP contribution in [0, 0.1) is 6.92 Å². The zero-order chi connectivity index (χ0) is 18.2. The van der Waals surface area contributed by atoms with Crippen LogP contribution in [0.25, 0.3) is 0 Å². The Morgan fingerprint density at radius 3 is 2.40 bits per heavy atom. The number of benzene rings is 2. The van der Waals surface area contributed by atoms with Gasteiger partial charge in [-0.2, -0.15) is 0 Å². The molecular formula is C20H27ClN3S+. The molecule has 1 atom stereocenters. The minimum Gasteiger partial charge on any atom is -0.356 e. The van der Waals surface area contributed by atoms with Gasteiger partial charge in [-0.1, -0.05) is 48.0 Å². The lowest BCUT2D eigenvalue weighted by Gasteiger charge is -2.28. The molecule has 0 saturated heterocycles. The molecular weight excluding hydrogens is 350 g/mol. The summed E-state index contributed by atoms with van der Waals surface area (Å²) in [4.78, 5) is 1.53. The van der Waals surface area contributed by atoms with E-state index in [-0.39, 0.29) is 0 Å². The number of anilines is 1. The van der Waals surface area contributed by atoms with Crippen molar-refractivity contribution in [1.82, 2.24) is 5.32 Å². The molecule has 134 valence electrons. The zero-order valence-corrected chi connectivity index (χ0v) is 16.7. The smallest absolute Gasteiger partial charge is 0.171 e. The zero-order valence-electron chi connectivity index (χ0n) is 15.1. The highest BCUT2D eigenvalue weighted by molar-refractivity contribution is 7.80. The largest absolute Gasteiger partial charge is 0.356 e. The van der Waals surface area contributed by atoms with E-state index in [9.17, 15) is 0 Å². The van der Waals surface area contributed by atoms with Crippen molar-refractivity contribution in [3.63, 3.8) is 0 Å². The van der Waals surface area contributed by atoms with Gasteiger partial charge in [0, 0.05) is 16.3 Å². The average Bonchev–Trinajstić information content (AvgIpc) is 2.63. The van der Waals surface area contributed by atoms with Gasteiger partial charge >= 0.3 is 0 Å². The SMILES string of the molecule is CC[NH+](CC)[C@H](CNC(=S)Nc1cccc(Cl)c1C)c1ccccc1. The van der Waals surface area contributed by atoms with Gasteiger partial charge in [-0.25, -0.2) is 0 Å². The molecule has 25 heavy (non-hydrogen) atoms. The van der Waals surface area contributed by atoms with Crippen LogP contribution in [0.5, 0.6) is 0 Å². The van der Waals surface area contributed by atoms with Crippen LogP contribution in [0.1, 0.15) is 31.0 Å². The number of hydrogen-bond donors (Lipinski definition) is 3. The molecule has 0 fully saturated rings. The van der Waals surface area contributed by atoms with Crippen LogP contribution < -0.4 is 15.5 Å². The van der Waals surface area contributed by atoms with Crippen LogP contribution in [0.4, 0.5) is 5.69 Å². The number of halogens is 1. The monoisotopic (exact) mass is 376 g/mol. The second-order valence-corrected chi connectivity index (χ2v) is 6.89. The van der Waals surface area contributed by atoms with Gasteiger partial charge in [0.15, 0.2) is 5.11 Å². The lowest BCUT2D eigenvalue weighted by molar-refractivity contribution is -0.927. The van der Waals surface area contributed by atoms with E-state index in [2.05, 4.69) is 54.8 Å². The van der Waals surface area contributed by atoms with Crippen molar-refractivity contribution in [3.05, 3.63) is 64.7 Å². The Bertz CT molecular complexity index is 687. The van der Waals surface area contributed by atoms with Crippen LogP contribution >= 0.6 is 23.8 Å². The maximum Gasteiger partial charge on any atom is 0.171 e. The molecule has 5 heteroatoms. The normalized spacial score (nSPS) is 12.0. The molecule has 0 saturated carbocycles. The van der Waals surface area contributed by atoms with Crippen LogP contribution in [-0.2, 0) is 0 Å². The predicted molar refractivity (Wildman–Crippen MR) is 112 cm³/mol. The first kappa shape index (κ1) is 19.7. The summed E-state index contributed by atoms with van der Waals surface area (Å²) in [7, 11) is 0. The highest BCUT2D eigenvalue weighted by Gasteiger charge is 2.21. The Hall–Kier alpha value is -1.62. The minimum atomic E-state index is 0.358. The summed E-state index contributed by atoms with van der Waals surface area (Å²) in [6.45, 7) is 9.37. The molecule has 2 rings (SSSR count). The highest BCUT2D eigenvalue weighted by Crippen LogP contribution is 2.22. The molecule has 3 N–H and O–H groups in total. The van der Waals surface area contributed by atoms with E-state index in [0.29, 0.717) is 11.2 Å². The van der Waals surface area contributed by atoms with E-state index in [0.717, 1.165) is 35.9 Å². The lowest BCUT2D eigenvalue weighted by Crippen LogP contribution is -3.12. The van der Waals surface area contributed by atoms with Crippen molar-refractivity contribution in [2.24, 2.45) is 0 Å². The van der Waals surface area contributed by atoms with Gasteiger partial charge in [0.2, 0.25) is 0 Å². The van der Waals surface area contributed by atoms with Crippen molar-refractivity contribution in [2.45, 2.75) is 26.8 Å². The van der Waals surface area contributed by atoms with Gasteiger partial charge < -0.3 is 15.5 Å². The van der Waals surface area contributed by atoms with E-state index in [4.69, 9.17) is 23.8 Å². The molecule has 0 aromatic heterocycles. The number of hydrogen-bond acceptors (Lipinski definition) is 1.